The first-order valence-corrected chi connectivity index (χ1v) is 6.66. The molecule has 0 atom stereocenters. The molecule has 2 rings (SSSR count). The minimum Gasteiger partial charge on any atom is -0.327 e. The molecule has 18 heavy (non-hydrogen) atoms. The van der Waals surface area contributed by atoms with Gasteiger partial charge in [0, 0.05) is 23.7 Å². The first-order chi connectivity index (χ1) is 8.41. The van der Waals surface area contributed by atoms with Crippen LogP contribution < -0.4 is 0 Å². The second-order valence-corrected chi connectivity index (χ2v) is 5.74. The van der Waals surface area contributed by atoms with E-state index in [1.165, 1.54) is 5.56 Å². The quantitative estimate of drug-likeness (QED) is 0.830. The maximum absolute atomic E-state index is 4.70. The van der Waals surface area contributed by atoms with E-state index < -0.39 is 0 Å². The molecule has 0 saturated heterocycles. The van der Waals surface area contributed by atoms with Crippen LogP contribution in [0.1, 0.15) is 70.8 Å². The minimum atomic E-state index is 0.310. The van der Waals surface area contributed by atoms with Crippen molar-refractivity contribution >= 4 is 11.2 Å². The van der Waals surface area contributed by atoms with E-state index in [9.17, 15) is 0 Å². The van der Waals surface area contributed by atoms with Gasteiger partial charge in [-0.15, -0.1) is 10.2 Å². The number of nitrogens with zero attached hydrogens (tertiary/aromatic N) is 4. The molecule has 0 aliphatic heterocycles. The Morgan fingerprint density at radius 2 is 1.61 bits per heavy atom. The zero-order valence-corrected chi connectivity index (χ0v) is 12.1. The summed E-state index contributed by atoms with van der Waals surface area (Å²) in [7, 11) is 0. The van der Waals surface area contributed by atoms with Crippen molar-refractivity contribution in [1.29, 1.82) is 0 Å². The molecule has 0 fully saturated rings. The highest BCUT2D eigenvalue weighted by molar-refractivity contribution is 5.76. The van der Waals surface area contributed by atoms with Gasteiger partial charge in [0.15, 0.2) is 11.5 Å². The largest absolute Gasteiger partial charge is 0.327 e. The fraction of sp³-hybridized carbons (Fsp3) is 0.643. The number of aromatic nitrogens is 4. The molecule has 0 saturated carbocycles. The molecule has 0 spiro atoms. The smallest absolute Gasteiger partial charge is 0.181 e. The van der Waals surface area contributed by atoms with Gasteiger partial charge in [-0.1, -0.05) is 27.7 Å². The highest BCUT2D eigenvalue weighted by Gasteiger charge is 2.17. The summed E-state index contributed by atoms with van der Waals surface area (Å²) in [6.45, 7) is 12.9. The van der Waals surface area contributed by atoms with Crippen LogP contribution in [0.4, 0.5) is 0 Å². The van der Waals surface area contributed by atoms with Crippen LogP contribution in [0.25, 0.3) is 11.2 Å². The third-order valence-corrected chi connectivity index (χ3v) is 3.18. The molecule has 0 aliphatic rings. The normalized spacial score (nSPS) is 12.3. The van der Waals surface area contributed by atoms with E-state index in [4.69, 9.17) is 4.98 Å². The lowest BCUT2D eigenvalue weighted by Crippen LogP contribution is -2.04. The van der Waals surface area contributed by atoms with Crippen molar-refractivity contribution in [3.8, 4) is 0 Å². The van der Waals surface area contributed by atoms with Crippen molar-refractivity contribution in [1.82, 2.24) is 19.7 Å². The van der Waals surface area contributed by atoms with Gasteiger partial charge in [-0.25, -0.2) is 4.98 Å². The van der Waals surface area contributed by atoms with Crippen LogP contribution in [0.3, 0.4) is 0 Å². The Labute approximate surface area is 108 Å². The molecule has 4 nitrogen and oxygen atoms in total. The topological polar surface area (TPSA) is 43.6 Å². The van der Waals surface area contributed by atoms with E-state index in [2.05, 4.69) is 62.5 Å². The molecule has 0 bridgehead atoms. The highest BCUT2D eigenvalue weighted by Crippen LogP contribution is 2.27. The highest BCUT2D eigenvalue weighted by atomic mass is 15.2. The summed E-state index contributed by atoms with van der Waals surface area (Å²) in [6.07, 6.45) is 2.17. The number of rotatable bonds is 3. The Morgan fingerprint density at radius 3 is 2.11 bits per heavy atom. The number of hydrogen-bond acceptors (Lipinski definition) is 3. The van der Waals surface area contributed by atoms with E-state index in [0.29, 0.717) is 17.9 Å². The first-order valence-electron chi connectivity index (χ1n) is 6.66. The second kappa shape index (κ2) is 4.67. The van der Waals surface area contributed by atoms with Crippen molar-refractivity contribution in [2.45, 2.75) is 59.4 Å². The van der Waals surface area contributed by atoms with Crippen LogP contribution in [0.15, 0.2) is 6.20 Å². The van der Waals surface area contributed by atoms with E-state index in [1.54, 1.807) is 0 Å². The Bertz CT molecular complexity index is 552. The van der Waals surface area contributed by atoms with E-state index in [-0.39, 0.29) is 0 Å². The molecule has 0 radical (unpaired) electrons. The van der Waals surface area contributed by atoms with Gasteiger partial charge in [-0.3, -0.25) is 0 Å². The summed E-state index contributed by atoms with van der Waals surface area (Å²) in [6, 6.07) is 0.376. The summed E-state index contributed by atoms with van der Waals surface area (Å²) in [5.74, 6) is 1.58. The summed E-state index contributed by atoms with van der Waals surface area (Å²) < 4.78 is 2.16. The van der Waals surface area contributed by atoms with E-state index >= 15 is 0 Å². The Kier molecular flexibility index (Phi) is 3.37. The molecule has 0 amide bonds. The van der Waals surface area contributed by atoms with Gasteiger partial charge >= 0.3 is 0 Å². The summed E-state index contributed by atoms with van der Waals surface area (Å²) in [5, 5.41) is 8.62. The van der Waals surface area contributed by atoms with Gasteiger partial charge in [-0.05, 0) is 19.8 Å². The average Bonchev–Trinajstić information content (AvgIpc) is 2.67. The zero-order valence-electron chi connectivity index (χ0n) is 12.1. The maximum atomic E-state index is 4.70. The van der Waals surface area contributed by atoms with Crippen molar-refractivity contribution in [3.63, 3.8) is 0 Å². The van der Waals surface area contributed by atoms with Gasteiger partial charge in [0.1, 0.15) is 5.52 Å². The van der Waals surface area contributed by atoms with Crippen LogP contribution in [0.5, 0.6) is 0 Å². The summed E-state index contributed by atoms with van der Waals surface area (Å²) in [4.78, 5) is 4.70. The fourth-order valence-corrected chi connectivity index (χ4v) is 2.03. The lowest BCUT2D eigenvalue weighted by molar-refractivity contribution is 0.609. The van der Waals surface area contributed by atoms with Crippen LogP contribution in [0.2, 0.25) is 0 Å². The first kappa shape index (κ1) is 13.0. The zero-order chi connectivity index (χ0) is 13.4. The average molecular weight is 246 g/mol. The van der Waals surface area contributed by atoms with Crippen molar-refractivity contribution < 1.29 is 0 Å². The molecule has 2 aromatic heterocycles. The fourth-order valence-electron chi connectivity index (χ4n) is 2.03. The van der Waals surface area contributed by atoms with Crippen molar-refractivity contribution in [3.05, 3.63) is 17.6 Å². The van der Waals surface area contributed by atoms with Gasteiger partial charge in [0.25, 0.3) is 0 Å². The monoisotopic (exact) mass is 246 g/mol. The lowest BCUT2D eigenvalue weighted by Gasteiger charge is -2.07. The van der Waals surface area contributed by atoms with Gasteiger partial charge in [-0.2, -0.15) is 0 Å². The summed E-state index contributed by atoms with van der Waals surface area (Å²) in [5.41, 5.74) is 3.17. The Hall–Kier alpha value is -1.45. The van der Waals surface area contributed by atoms with E-state index in [1.807, 2.05) is 0 Å². The SMILES string of the molecule is CC(C)c1nnc2c(n1)c(C(C)C)cn2C(C)C. The third kappa shape index (κ3) is 2.11. The van der Waals surface area contributed by atoms with Gasteiger partial charge in [0.2, 0.25) is 0 Å². The summed E-state index contributed by atoms with van der Waals surface area (Å²) >= 11 is 0. The minimum absolute atomic E-state index is 0.310. The van der Waals surface area contributed by atoms with Crippen LogP contribution in [-0.4, -0.2) is 19.7 Å². The molecule has 4 heteroatoms. The number of fused-ring (bicyclic) bond motifs is 1. The van der Waals surface area contributed by atoms with Crippen LogP contribution >= 0.6 is 0 Å². The molecule has 0 aliphatic carbocycles. The van der Waals surface area contributed by atoms with E-state index in [0.717, 1.165) is 17.0 Å². The molecule has 98 valence electrons. The number of hydrogen-bond donors (Lipinski definition) is 0. The van der Waals surface area contributed by atoms with Crippen LogP contribution in [-0.2, 0) is 0 Å². The van der Waals surface area contributed by atoms with Gasteiger partial charge < -0.3 is 4.57 Å². The molecular weight excluding hydrogens is 224 g/mol. The Balaban J connectivity index is 2.71. The second-order valence-electron chi connectivity index (χ2n) is 5.74. The predicted molar refractivity (Wildman–Crippen MR) is 73.9 cm³/mol. The molecule has 0 N–H and O–H groups in total. The molecule has 0 unspecified atom stereocenters. The molecular formula is C14H22N4. The standard InChI is InChI=1S/C14H22N4/c1-8(2)11-7-18(10(5)6)14-12(11)15-13(9(3)4)16-17-14/h7-10H,1-6H3. The predicted octanol–water partition coefficient (Wildman–Crippen LogP) is 3.65. The maximum Gasteiger partial charge on any atom is 0.181 e. The molecule has 2 heterocycles. The van der Waals surface area contributed by atoms with Gasteiger partial charge in [0.05, 0.1) is 0 Å². The van der Waals surface area contributed by atoms with Crippen molar-refractivity contribution in [2.24, 2.45) is 0 Å². The van der Waals surface area contributed by atoms with Crippen LogP contribution in [0, 0.1) is 0 Å². The Morgan fingerprint density at radius 1 is 0.944 bits per heavy atom. The molecule has 0 aromatic carbocycles. The van der Waals surface area contributed by atoms with Crippen molar-refractivity contribution in [2.75, 3.05) is 0 Å². The lowest BCUT2D eigenvalue weighted by atomic mass is 10.1. The molecule has 2 aromatic rings. The third-order valence-electron chi connectivity index (χ3n) is 3.18.